The monoisotopic (exact) mass is 347 g/mol. The average Bonchev–Trinajstić information content (AvgIpc) is 2.89. The fraction of sp³-hybridized carbons (Fsp3) is 0.353. The van der Waals surface area contributed by atoms with Gasteiger partial charge in [0.25, 0.3) is 0 Å². The number of furan rings is 1. The molecule has 0 saturated carbocycles. The van der Waals surface area contributed by atoms with Crippen LogP contribution in [0.5, 0.6) is 0 Å². The number of hydrogen-bond acceptors (Lipinski definition) is 2. The number of amides is 1. The van der Waals surface area contributed by atoms with E-state index in [1.54, 1.807) is 0 Å². The number of carbonyl (C=O) groups excluding carboxylic acids is 1. The smallest absolute Gasteiger partial charge is 0.224 e. The van der Waals surface area contributed by atoms with Crippen LogP contribution in [0.1, 0.15) is 47.2 Å². The van der Waals surface area contributed by atoms with Gasteiger partial charge in [0.15, 0.2) is 0 Å². The molecule has 3 rings (SSSR count). The number of rotatable bonds is 3. The lowest BCUT2D eigenvalue weighted by Crippen LogP contribution is -2.09. The van der Waals surface area contributed by atoms with Crippen molar-refractivity contribution in [2.45, 2.75) is 37.4 Å². The Morgan fingerprint density at radius 2 is 2.14 bits per heavy atom. The Morgan fingerprint density at radius 1 is 1.29 bits per heavy atom. The standard InChI is InChI=1S/C17H18BrNO2/c1-2-13-7-9-15(21-13)17(18)12-6-8-14-11(10-12)4-3-5-16(20)19-14/h6-10,17H,2-5H2,1H3,(H,19,20). The number of carbonyl (C=O) groups is 1. The summed E-state index contributed by atoms with van der Waals surface area (Å²) in [5, 5.41) is 2.96. The number of nitrogens with one attached hydrogen (secondary N) is 1. The van der Waals surface area contributed by atoms with Crippen LogP contribution in [-0.4, -0.2) is 5.91 Å². The van der Waals surface area contributed by atoms with Gasteiger partial charge in [0.1, 0.15) is 11.5 Å². The molecule has 1 amide bonds. The molecule has 1 N–H and O–H groups in total. The fourth-order valence-electron chi connectivity index (χ4n) is 2.64. The highest BCUT2D eigenvalue weighted by molar-refractivity contribution is 9.09. The molecule has 2 aromatic rings. The summed E-state index contributed by atoms with van der Waals surface area (Å²) in [5.74, 6) is 2.02. The molecule has 2 heterocycles. The van der Waals surface area contributed by atoms with Crippen LogP contribution in [0.15, 0.2) is 34.7 Å². The first-order valence-electron chi connectivity index (χ1n) is 7.32. The number of benzene rings is 1. The van der Waals surface area contributed by atoms with Gasteiger partial charge in [-0.3, -0.25) is 4.79 Å². The van der Waals surface area contributed by atoms with E-state index >= 15 is 0 Å². The maximum atomic E-state index is 11.6. The summed E-state index contributed by atoms with van der Waals surface area (Å²) in [4.78, 5) is 11.6. The second-order valence-electron chi connectivity index (χ2n) is 5.34. The third-order valence-corrected chi connectivity index (χ3v) is 4.81. The van der Waals surface area contributed by atoms with Crippen molar-refractivity contribution < 1.29 is 9.21 Å². The van der Waals surface area contributed by atoms with Gasteiger partial charge in [0.05, 0.1) is 4.83 Å². The van der Waals surface area contributed by atoms with Crippen molar-refractivity contribution in [3.05, 3.63) is 53.0 Å². The van der Waals surface area contributed by atoms with E-state index in [-0.39, 0.29) is 10.7 Å². The molecule has 0 bridgehead atoms. The van der Waals surface area contributed by atoms with Gasteiger partial charge in [-0.2, -0.15) is 0 Å². The molecule has 1 aromatic carbocycles. The van der Waals surface area contributed by atoms with Crippen molar-refractivity contribution in [3.8, 4) is 0 Å². The summed E-state index contributed by atoms with van der Waals surface area (Å²) >= 11 is 3.71. The zero-order valence-electron chi connectivity index (χ0n) is 12.0. The summed E-state index contributed by atoms with van der Waals surface area (Å²) < 4.78 is 5.82. The third kappa shape index (κ3) is 3.05. The quantitative estimate of drug-likeness (QED) is 0.824. The van der Waals surface area contributed by atoms with E-state index in [9.17, 15) is 4.79 Å². The minimum atomic E-state index is 0.0436. The Bertz CT molecular complexity index is 663. The normalized spacial score (nSPS) is 16.0. The SMILES string of the molecule is CCc1ccc(C(Br)c2ccc3c(c2)CCCC(=O)N3)o1. The van der Waals surface area contributed by atoms with Gasteiger partial charge in [-0.15, -0.1) is 0 Å². The van der Waals surface area contributed by atoms with Crippen LogP contribution in [0.2, 0.25) is 0 Å². The molecule has 1 unspecified atom stereocenters. The molecular formula is C17H18BrNO2. The molecule has 4 heteroatoms. The highest BCUT2D eigenvalue weighted by atomic mass is 79.9. The lowest BCUT2D eigenvalue weighted by molar-refractivity contribution is -0.116. The summed E-state index contributed by atoms with van der Waals surface area (Å²) in [6.45, 7) is 2.08. The number of halogens is 1. The van der Waals surface area contributed by atoms with Crippen molar-refractivity contribution >= 4 is 27.5 Å². The number of fused-ring (bicyclic) bond motifs is 1. The molecule has 1 aliphatic heterocycles. The predicted octanol–water partition coefficient (Wildman–Crippen LogP) is 4.60. The van der Waals surface area contributed by atoms with Crippen molar-refractivity contribution in [3.63, 3.8) is 0 Å². The van der Waals surface area contributed by atoms with Gasteiger partial charge in [0, 0.05) is 18.5 Å². The van der Waals surface area contributed by atoms with E-state index in [0.29, 0.717) is 6.42 Å². The van der Waals surface area contributed by atoms with Gasteiger partial charge in [0.2, 0.25) is 5.91 Å². The van der Waals surface area contributed by atoms with Crippen molar-refractivity contribution in [1.82, 2.24) is 0 Å². The summed E-state index contributed by atoms with van der Waals surface area (Å²) in [5.41, 5.74) is 3.29. The lowest BCUT2D eigenvalue weighted by atomic mass is 10.0. The minimum absolute atomic E-state index is 0.0436. The molecule has 0 radical (unpaired) electrons. The Hall–Kier alpha value is -1.55. The van der Waals surface area contributed by atoms with Crippen LogP contribution < -0.4 is 5.32 Å². The molecule has 1 aromatic heterocycles. The van der Waals surface area contributed by atoms with Crippen LogP contribution in [0.4, 0.5) is 5.69 Å². The number of anilines is 1. The van der Waals surface area contributed by atoms with Crippen LogP contribution in [0.3, 0.4) is 0 Å². The summed E-state index contributed by atoms with van der Waals surface area (Å²) in [6.07, 6.45) is 3.33. The molecule has 0 saturated heterocycles. The molecular weight excluding hydrogens is 330 g/mol. The summed E-state index contributed by atoms with van der Waals surface area (Å²) in [6, 6.07) is 10.2. The molecule has 0 fully saturated rings. The van der Waals surface area contributed by atoms with Gasteiger partial charge in [-0.05, 0) is 42.2 Å². The Balaban J connectivity index is 1.89. The van der Waals surface area contributed by atoms with E-state index in [1.165, 1.54) is 5.56 Å². The predicted molar refractivity (Wildman–Crippen MR) is 86.9 cm³/mol. The Morgan fingerprint density at radius 3 is 2.90 bits per heavy atom. The third-order valence-electron chi connectivity index (χ3n) is 3.83. The average molecular weight is 348 g/mol. The molecule has 0 spiro atoms. The van der Waals surface area contributed by atoms with E-state index in [1.807, 2.05) is 24.3 Å². The van der Waals surface area contributed by atoms with Crippen molar-refractivity contribution in [2.75, 3.05) is 5.32 Å². The second-order valence-corrected chi connectivity index (χ2v) is 6.25. The topological polar surface area (TPSA) is 42.2 Å². The minimum Gasteiger partial charge on any atom is -0.465 e. The molecule has 0 aliphatic carbocycles. The number of hydrogen-bond donors (Lipinski definition) is 1. The van der Waals surface area contributed by atoms with Crippen molar-refractivity contribution in [1.29, 1.82) is 0 Å². The van der Waals surface area contributed by atoms with Gasteiger partial charge in [-0.25, -0.2) is 0 Å². The highest BCUT2D eigenvalue weighted by Crippen LogP contribution is 2.35. The molecule has 1 atom stereocenters. The second kappa shape index (κ2) is 6.06. The van der Waals surface area contributed by atoms with Crippen LogP contribution in [0.25, 0.3) is 0 Å². The number of aryl methyl sites for hydroxylation is 2. The molecule has 21 heavy (non-hydrogen) atoms. The first-order valence-corrected chi connectivity index (χ1v) is 8.24. The summed E-state index contributed by atoms with van der Waals surface area (Å²) in [7, 11) is 0. The van der Waals surface area contributed by atoms with E-state index in [4.69, 9.17) is 4.42 Å². The molecule has 3 nitrogen and oxygen atoms in total. The van der Waals surface area contributed by atoms with E-state index in [0.717, 1.165) is 42.0 Å². The molecule has 1 aliphatic rings. The number of alkyl halides is 1. The fourth-order valence-corrected chi connectivity index (χ4v) is 3.17. The lowest BCUT2D eigenvalue weighted by Gasteiger charge is -2.12. The zero-order valence-corrected chi connectivity index (χ0v) is 13.6. The molecule has 110 valence electrons. The van der Waals surface area contributed by atoms with Gasteiger partial charge < -0.3 is 9.73 Å². The van der Waals surface area contributed by atoms with Crippen LogP contribution >= 0.6 is 15.9 Å². The van der Waals surface area contributed by atoms with Crippen molar-refractivity contribution in [2.24, 2.45) is 0 Å². The van der Waals surface area contributed by atoms with Crippen LogP contribution in [0, 0.1) is 0 Å². The first-order chi connectivity index (χ1) is 10.2. The highest BCUT2D eigenvalue weighted by Gasteiger charge is 2.18. The van der Waals surface area contributed by atoms with Gasteiger partial charge >= 0.3 is 0 Å². The van der Waals surface area contributed by atoms with E-state index in [2.05, 4.69) is 34.2 Å². The van der Waals surface area contributed by atoms with Gasteiger partial charge in [-0.1, -0.05) is 35.0 Å². The first kappa shape index (κ1) is 14.4. The Labute approximate surface area is 132 Å². The largest absolute Gasteiger partial charge is 0.465 e. The maximum absolute atomic E-state index is 11.6. The van der Waals surface area contributed by atoms with Crippen LogP contribution in [-0.2, 0) is 17.6 Å². The van der Waals surface area contributed by atoms with E-state index < -0.39 is 0 Å². The Kier molecular flexibility index (Phi) is 4.15. The zero-order chi connectivity index (χ0) is 14.8. The maximum Gasteiger partial charge on any atom is 0.224 e.